The molecule has 0 unspecified atom stereocenters. The minimum Gasteiger partial charge on any atom is -0.329 e. The number of aromatic nitrogens is 2. The van der Waals surface area contributed by atoms with E-state index in [1.54, 1.807) is 17.2 Å². The molecule has 0 saturated heterocycles. The first-order valence-electron chi connectivity index (χ1n) is 6.29. The number of aryl methyl sites for hydroxylation is 1. The van der Waals surface area contributed by atoms with E-state index < -0.39 is 0 Å². The van der Waals surface area contributed by atoms with Gasteiger partial charge in [-0.3, -0.25) is 4.79 Å². The molecule has 0 N–H and O–H groups in total. The average Bonchev–Trinajstić information content (AvgIpc) is 2.88. The highest BCUT2D eigenvalue weighted by molar-refractivity contribution is 7.99. The number of anilines is 1. The molecular formula is C15H17N3OS. The van der Waals surface area contributed by atoms with Crippen LogP contribution in [0, 0.1) is 0 Å². The summed E-state index contributed by atoms with van der Waals surface area (Å²) in [5.41, 5.74) is 0.887. The van der Waals surface area contributed by atoms with E-state index in [4.69, 9.17) is 0 Å². The van der Waals surface area contributed by atoms with Gasteiger partial charge in [-0.15, -0.1) is 6.58 Å². The van der Waals surface area contributed by atoms with Crippen molar-refractivity contribution >= 4 is 23.4 Å². The molecule has 1 aromatic heterocycles. The highest BCUT2D eigenvalue weighted by atomic mass is 32.2. The van der Waals surface area contributed by atoms with Crippen molar-refractivity contribution < 1.29 is 4.79 Å². The lowest BCUT2D eigenvalue weighted by Crippen LogP contribution is -2.32. The Labute approximate surface area is 123 Å². The molecule has 1 amide bonds. The van der Waals surface area contributed by atoms with Crippen molar-refractivity contribution in [2.75, 3.05) is 17.2 Å². The van der Waals surface area contributed by atoms with Gasteiger partial charge in [-0.05, 0) is 12.1 Å². The van der Waals surface area contributed by atoms with Crippen molar-refractivity contribution in [3.63, 3.8) is 0 Å². The molecule has 104 valence electrons. The Kier molecular flexibility index (Phi) is 5.01. The van der Waals surface area contributed by atoms with Crippen LogP contribution in [0.4, 0.5) is 5.69 Å². The Hall–Kier alpha value is -2.01. The number of para-hydroxylation sites is 1. The standard InChI is InChI=1S/C15H17N3OS/c1-3-10-18(13-7-5-4-6-8-13)14(19)12-20-15-16-9-11-17(15)2/h3-9,11H,1,10,12H2,2H3. The van der Waals surface area contributed by atoms with Crippen LogP contribution in [0.25, 0.3) is 0 Å². The summed E-state index contributed by atoms with van der Waals surface area (Å²) in [5, 5.41) is 0.838. The van der Waals surface area contributed by atoms with Gasteiger partial charge in [-0.1, -0.05) is 36.0 Å². The third-order valence-electron chi connectivity index (χ3n) is 2.78. The predicted octanol–water partition coefficient (Wildman–Crippen LogP) is 2.73. The molecule has 0 aliphatic heterocycles. The number of carbonyl (C=O) groups excluding carboxylic acids is 1. The first kappa shape index (κ1) is 14.4. The molecule has 0 radical (unpaired) electrons. The first-order valence-corrected chi connectivity index (χ1v) is 7.27. The minimum absolute atomic E-state index is 0.0455. The van der Waals surface area contributed by atoms with Crippen molar-refractivity contribution in [1.82, 2.24) is 9.55 Å². The summed E-state index contributed by atoms with van der Waals surface area (Å²) in [5.74, 6) is 0.400. The van der Waals surface area contributed by atoms with Crippen LogP contribution in [0.1, 0.15) is 0 Å². The molecule has 0 fully saturated rings. The second-order valence-electron chi connectivity index (χ2n) is 4.24. The van der Waals surface area contributed by atoms with Crippen molar-refractivity contribution in [2.24, 2.45) is 7.05 Å². The van der Waals surface area contributed by atoms with Crippen LogP contribution in [-0.2, 0) is 11.8 Å². The second-order valence-corrected chi connectivity index (χ2v) is 5.18. The van der Waals surface area contributed by atoms with E-state index in [2.05, 4.69) is 11.6 Å². The van der Waals surface area contributed by atoms with Crippen LogP contribution in [0.15, 0.2) is 60.5 Å². The highest BCUT2D eigenvalue weighted by Crippen LogP contribution is 2.18. The van der Waals surface area contributed by atoms with Crippen LogP contribution in [0.5, 0.6) is 0 Å². The molecule has 2 aromatic rings. The van der Waals surface area contributed by atoms with E-state index in [-0.39, 0.29) is 5.91 Å². The van der Waals surface area contributed by atoms with Gasteiger partial charge >= 0.3 is 0 Å². The molecular weight excluding hydrogens is 270 g/mol. The highest BCUT2D eigenvalue weighted by Gasteiger charge is 2.15. The van der Waals surface area contributed by atoms with Crippen molar-refractivity contribution in [1.29, 1.82) is 0 Å². The number of nitrogens with zero attached hydrogens (tertiary/aromatic N) is 3. The number of carbonyl (C=O) groups is 1. The van der Waals surface area contributed by atoms with E-state index in [1.807, 2.05) is 48.1 Å². The fourth-order valence-corrected chi connectivity index (χ4v) is 2.59. The number of benzene rings is 1. The maximum Gasteiger partial charge on any atom is 0.237 e. The Morgan fingerprint density at radius 2 is 2.20 bits per heavy atom. The quantitative estimate of drug-likeness (QED) is 0.605. The largest absolute Gasteiger partial charge is 0.329 e. The molecule has 0 bridgehead atoms. The minimum atomic E-state index is 0.0455. The van der Waals surface area contributed by atoms with Gasteiger partial charge < -0.3 is 9.47 Å². The summed E-state index contributed by atoms with van der Waals surface area (Å²) in [4.78, 5) is 18.3. The fraction of sp³-hybridized carbons (Fsp3) is 0.200. The smallest absolute Gasteiger partial charge is 0.237 e. The lowest BCUT2D eigenvalue weighted by atomic mass is 10.3. The molecule has 4 nitrogen and oxygen atoms in total. The monoisotopic (exact) mass is 287 g/mol. The lowest BCUT2D eigenvalue weighted by Gasteiger charge is -2.21. The number of amides is 1. The normalized spacial score (nSPS) is 10.2. The Balaban J connectivity index is 2.04. The number of hydrogen-bond acceptors (Lipinski definition) is 3. The van der Waals surface area contributed by atoms with E-state index in [0.717, 1.165) is 10.8 Å². The fourth-order valence-electron chi connectivity index (χ4n) is 1.78. The molecule has 1 heterocycles. The van der Waals surface area contributed by atoms with Crippen molar-refractivity contribution in [3.05, 3.63) is 55.4 Å². The van der Waals surface area contributed by atoms with Crippen molar-refractivity contribution in [2.45, 2.75) is 5.16 Å². The van der Waals surface area contributed by atoms with Gasteiger partial charge in [-0.25, -0.2) is 4.98 Å². The van der Waals surface area contributed by atoms with Gasteiger partial charge in [0.2, 0.25) is 5.91 Å². The number of thioether (sulfide) groups is 1. The van der Waals surface area contributed by atoms with E-state index in [0.29, 0.717) is 12.3 Å². The van der Waals surface area contributed by atoms with E-state index in [9.17, 15) is 4.79 Å². The van der Waals surface area contributed by atoms with Crippen LogP contribution in [-0.4, -0.2) is 27.8 Å². The average molecular weight is 287 g/mol. The summed E-state index contributed by atoms with van der Waals surface area (Å²) in [6, 6.07) is 9.62. The summed E-state index contributed by atoms with van der Waals surface area (Å²) in [7, 11) is 1.92. The first-order chi connectivity index (χ1) is 9.72. The maximum atomic E-state index is 12.4. The summed E-state index contributed by atoms with van der Waals surface area (Å²) < 4.78 is 1.90. The van der Waals surface area contributed by atoms with Gasteiger partial charge in [0.1, 0.15) is 0 Å². The van der Waals surface area contributed by atoms with E-state index in [1.165, 1.54) is 11.8 Å². The molecule has 0 saturated carbocycles. The Morgan fingerprint density at radius 1 is 1.45 bits per heavy atom. The molecule has 0 atom stereocenters. The van der Waals surface area contributed by atoms with Gasteiger partial charge in [0.15, 0.2) is 5.16 Å². The molecule has 0 aliphatic rings. The molecule has 1 aromatic carbocycles. The van der Waals surface area contributed by atoms with Gasteiger partial charge in [0.05, 0.1) is 5.75 Å². The zero-order valence-corrected chi connectivity index (χ0v) is 12.2. The zero-order chi connectivity index (χ0) is 14.4. The van der Waals surface area contributed by atoms with Gasteiger partial charge in [0.25, 0.3) is 0 Å². The summed E-state index contributed by atoms with van der Waals surface area (Å²) in [6.45, 7) is 4.22. The second kappa shape index (κ2) is 6.96. The molecule has 2 rings (SSSR count). The van der Waals surface area contributed by atoms with Gasteiger partial charge in [-0.2, -0.15) is 0 Å². The van der Waals surface area contributed by atoms with Gasteiger partial charge in [0, 0.05) is 31.7 Å². The van der Waals surface area contributed by atoms with Crippen molar-refractivity contribution in [3.8, 4) is 0 Å². The molecule has 0 aliphatic carbocycles. The summed E-state index contributed by atoms with van der Waals surface area (Å²) in [6.07, 6.45) is 5.33. The maximum absolute atomic E-state index is 12.4. The Morgan fingerprint density at radius 3 is 2.80 bits per heavy atom. The number of imidazole rings is 1. The SMILES string of the molecule is C=CCN(C(=O)CSc1nccn1C)c1ccccc1. The van der Waals surface area contributed by atoms with Crippen LogP contribution >= 0.6 is 11.8 Å². The third-order valence-corrected chi connectivity index (χ3v) is 3.83. The van der Waals surface area contributed by atoms with Crippen LogP contribution < -0.4 is 4.90 Å². The number of hydrogen-bond donors (Lipinski definition) is 0. The lowest BCUT2D eigenvalue weighted by molar-refractivity contribution is -0.116. The van der Waals surface area contributed by atoms with Crippen LogP contribution in [0.3, 0.4) is 0 Å². The van der Waals surface area contributed by atoms with Crippen LogP contribution in [0.2, 0.25) is 0 Å². The predicted molar refractivity (Wildman–Crippen MR) is 82.9 cm³/mol. The molecule has 5 heteroatoms. The van der Waals surface area contributed by atoms with E-state index >= 15 is 0 Å². The zero-order valence-electron chi connectivity index (χ0n) is 11.4. The molecule has 0 spiro atoms. The topological polar surface area (TPSA) is 38.1 Å². The number of rotatable bonds is 6. The summed E-state index contributed by atoms with van der Waals surface area (Å²) >= 11 is 1.44. The molecule has 20 heavy (non-hydrogen) atoms. The third kappa shape index (κ3) is 3.51. The Bertz CT molecular complexity index is 580.